The summed E-state index contributed by atoms with van der Waals surface area (Å²) >= 11 is 0. The van der Waals surface area contributed by atoms with Crippen LogP contribution in [0.4, 0.5) is 20.6 Å². The third-order valence-corrected chi connectivity index (χ3v) is 8.13. The number of rotatable bonds is 4. The molecule has 0 unspecified atom stereocenters. The molecule has 2 saturated heterocycles. The van der Waals surface area contributed by atoms with Crippen LogP contribution < -0.4 is 14.9 Å². The van der Waals surface area contributed by atoms with Crippen molar-refractivity contribution in [2.24, 2.45) is 0 Å². The minimum Gasteiger partial charge on any atom is -0.372 e. The van der Waals surface area contributed by atoms with Gasteiger partial charge in [0.1, 0.15) is 5.82 Å². The van der Waals surface area contributed by atoms with Crippen LogP contribution in [0.1, 0.15) is 47.5 Å². The number of halogens is 1. The van der Waals surface area contributed by atoms with Gasteiger partial charge in [-0.15, -0.1) is 0 Å². The number of hydrogen-bond acceptors (Lipinski definition) is 5. The molecule has 10 heteroatoms. The number of carbonyl (C=O) groups is 1. The van der Waals surface area contributed by atoms with Gasteiger partial charge in [-0.1, -0.05) is 0 Å². The number of ether oxygens (including phenoxy) is 1. The second-order valence-electron chi connectivity index (χ2n) is 9.75. The van der Waals surface area contributed by atoms with Gasteiger partial charge in [0.05, 0.1) is 28.3 Å². The maximum absolute atomic E-state index is 14.0. The maximum atomic E-state index is 14.0. The van der Waals surface area contributed by atoms with E-state index in [1.807, 2.05) is 18.7 Å². The van der Waals surface area contributed by atoms with Crippen LogP contribution in [-0.4, -0.2) is 68.5 Å². The van der Waals surface area contributed by atoms with Crippen LogP contribution in [0.3, 0.4) is 0 Å². The Labute approximate surface area is 190 Å². The van der Waals surface area contributed by atoms with Crippen molar-refractivity contribution in [2.75, 3.05) is 36.4 Å². The zero-order valence-electron chi connectivity index (χ0n) is 19.5. The van der Waals surface area contributed by atoms with E-state index in [2.05, 4.69) is 10.0 Å². The Bertz CT molecular complexity index is 916. The lowest BCUT2D eigenvalue weighted by Crippen LogP contribution is -2.51. The van der Waals surface area contributed by atoms with Crippen LogP contribution in [0.5, 0.6) is 0 Å². The van der Waals surface area contributed by atoms with Crippen molar-refractivity contribution in [3.05, 3.63) is 24.0 Å². The monoisotopic (exact) mass is 470 g/mol. The normalized spacial score (nSPS) is 23.3. The summed E-state index contributed by atoms with van der Waals surface area (Å²) in [6.07, 6.45) is 1.08. The van der Waals surface area contributed by atoms with Gasteiger partial charge in [-0.25, -0.2) is 22.3 Å². The first-order chi connectivity index (χ1) is 14.9. The number of nitrogens with zero attached hydrogens (tertiary/aromatic N) is 2. The Hall–Kier alpha value is -1.91. The molecule has 2 fully saturated rings. The van der Waals surface area contributed by atoms with Crippen molar-refractivity contribution >= 4 is 27.4 Å². The van der Waals surface area contributed by atoms with Gasteiger partial charge in [0.2, 0.25) is 10.0 Å². The summed E-state index contributed by atoms with van der Waals surface area (Å²) in [5.74, 6) is -0.364. The molecule has 2 heterocycles. The van der Waals surface area contributed by atoms with Gasteiger partial charge in [0.25, 0.3) is 0 Å². The fraction of sp³-hybridized carbons (Fsp3) is 0.682. The van der Waals surface area contributed by atoms with Gasteiger partial charge in [0, 0.05) is 32.2 Å². The smallest absolute Gasteiger partial charge is 0.321 e. The van der Waals surface area contributed by atoms with Crippen LogP contribution in [0.15, 0.2) is 18.2 Å². The Morgan fingerprint density at radius 3 is 2.28 bits per heavy atom. The van der Waals surface area contributed by atoms with E-state index in [1.54, 1.807) is 31.7 Å². The number of sulfonamides is 1. The van der Waals surface area contributed by atoms with Crippen molar-refractivity contribution < 1.29 is 22.3 Å². The van der Waals surface area contributed by atoms with Gasteiger partial charge in [-0.2, -0.15) is 0 Å². The highest BCUT2D eigenvalue weighted by atomic mass is 32.2. The molecule has 0 bridgehead atoms. The molecule has 0 saturated carbocycles. The molecular weight excluding hydrogens is 435 g/mol. The number of amides is 2. The summed E-state index contributed by atoms with van der Waals surface area (Å²) in [6, 6.07) is 3.89. The van der Waals surface area contributed by atoms with Crippen molar-refractivity contribution in [1.82, 2.24) is 9.62 Å². The highest BCUT2D eigenvalue weighted by molar-refractivity contribution is 7.90. The van der Waals surface area contributed by atoms with E-state index in [9.17, 15) is 17.6 Å². The zero-order valence-corrected chi connectivity index (χ0v) is 20.3. The van der Waals surface area contributed by atoms with Gasteiger partial charge < -0.3 is 19.9 Å². The Morgan fingerprint density at radius 2 is 1.72 bits per heavy atom. The lowest BCUT2D eigenvalue weighted by molar-refractivity contribution is -0.00519. The fourth-order valence-electron chi connectivity index (χ4n) is 4.04. The second-order valence-corrected chi connectivity index (χ2v) is 12.2. The zero-order chi connectivity index (χ0) is 23.7. The molecule has 180 valence electrons. The van der Waals surface area contributed by atoms with E-state index >= 15 is 0 Å². The van der Waals surface area contributed by atoms with Crippen molar-refractivity contribution in [2.45, 2.75) is 70.5 Å². The maximum Gasteiger partial charge on any atom is 0.321 e. The molecular formula is C22H35FN4O4S. The van der Waals surface area contributed by atoms with E-state index in [1.165, 1.54) is 12.1 Å². The molecule has 2 amide bonds. The summed E-state index contributed by atoms with van der Waals surface area (Å²) in [5, 5.41) is 2.92. The SMILES string of the molecule is C[C@@H]1CN(c2cc(F)ccc2NC(=O)N2CCC(NS(=O)(=O)C(C)(C)C)CC2)C[C@H](C)O1. The highest BCUT2D eigenvalue weighted by Crippen LogP contribution is 2.30. The van der Waals surface area contributed by atoms with E-state index in [-0.39, 0.29) is 30.1 Å². The second kappa shape index (κ2) is 9.52. The first-order valence-electron chi connectivity index (χ1n) is 11.1. The largest absolute Gasteiger partial charge is 0.372 e. The molecule has 2 atom stereocenters. The molecule has 1 aromatic carbocycles. The van der Waals surface area contributed by atoms with Crippen LogP contribution in [-0.2, 0) is 14.8 Å². The highest BCUT2D eigenvalue weighted by Gasteiger charge is 2.33. The van der Waals surface area contributed by atoms with Gasteiger partial charge in [-0.3, -0.25) is 0 Å². The van der Waals surface area contributed by atoms with Crippen LogP contribution in [0.25, 0.3) is 0 Å². The predicted molar refractivity (Wildman–Crippen MR) is 124 cm³/mol. The van der Waals surface area contributed by atoms with E-state index in [0.29, 0.717) is 50.4 Å². The Balaban J connectivity index is 1.64. The minimum absolute atomic E-state index is 0.00136. The number of carbonyl (C=O) groups excluding carboxylic acids is 1. The Morgan fingerprint density at radius 1 is 1.12 bits per heavy atom. The third kappa shape index (κ3) is 5.90. The molecule has 2 aliphatic heterocycles. The summed E-state index contributed by atoms with van der Waals surface area (Å²) < 4.78 is 46.4. The number of morpholine rings is 1. The number of nitrogens with one attached hydrogen (secondary N) is 2. The number of anilines is 2. The van der Waals surface area contributed by atoms with Crippen LogP contribution in [0, 0.1) is 5.82 Å². The molecule has 0 radical (unpaired) electrons. The molecule has 3 rings (SSSR count). The molecule has 2 N–H and O–H groups in total. The summed E-state index contributed by atoms with van der Waals surface area (Å²) in [4.78, 5) is 16.6. The first-order valence-corrected chi connectivity index (χ1v) is 12.6. The summed E-state index contributed by atoms with van der Waals surface area (Å²) in [5.41, 5.74) is 1.18. The van der Waals surface area contributed by atoms with Gasteiger partial charge in [0.15, 0.2) is 0 Å². The number of benzene rings is 1. The predicted octanol–water partition coefficient (Wildman–Crippen LogP) is 3.15. The van der Waals surface area contributed by atoms with Crippen LogP contribution in [0.2, 0.25) is 0 Å². The molecule has 0 aliphatic carbocycles. The molecule has 0 aromatic heterocycles. The summed E-state index contributed by atoms with van der Waals surface area (Å²) in [7, 11) is -3.44. The number of urea groups is 1. The van der Waals surface area contributed by atoms with Gasteiger partial charge in [-0.05, 0) is 65.7 Å². The fourth-order valence-corrected chi connectivity index (χ4v) is 5.07. The number of hydrogen-bond donors (Lipinski definition) is 2. The lowest BCUT2D eigenvalue weighted by Gasteiger charge is -2.38. The van der Waals surface area contributed by atoms with Crippen molar-refractivity contribution in [1.29, 1.82) is 0 Å². The Kier molecular flexibility index (Phi) is 7.36. The van der Waals surface area contributed by atoms with E-state index in [0.717, 1.165) is 0 Å². The van der Waals surface area contributed by atoms with E-state index in [4.69, 9.17) is 4.74 Å². The van der Waals surface area contributed by atoms with Gasteiger partial charge >= 0.3 is 6.03 Å². The quantitative estimate of drug-likeness (QED) is 0.706. The topological polar surface area (TPSA) is 91.0 Å². The van der Waals surface area contributed by atoms with Crippen LogP contribution >= 0.6 is 0 Å². The number of likely N-dealkylation sites (tertiary alicyclic amines) is 1. The molecule has 8 nitrogen and oxygen atoms in total. The molecule has 32 heavy (non-hydrogen) atoms. The molecule has 2 aliphatic rings. The van der Waals surface area contributed by atoms with Crippen molar-refractivity contribution in [3.63, 3.8) is 0 Å². The lowest BCUT2D eigenvalue weighted by atomic mass is 10.1. The third-order valence-electron chi connectivity index (χ3n) is 5.87. The summed E-state index contributed by atoms with van der Waals surface area (Å²) in [6.45, 7) is 11.0. The number of piperidine rings is 1. The average Bonchev–Trinajstić information content (AvgIpc) is 2.68. The van der Waals surface area contributed by atoms with Crippen molar-refractivity contribution in [3.8, 4) is 0 Å². The first kappa shape index (κ1) is 24.7. The average molecular weight is 471 g/mol. The minimum atomic E-state index is -3.44. The van der Waals surface area contributed by atoms with E-state index < -0.39 is 14.8 Å². The molecule has 1 aromatic rings. The standard InChI is InChI=1S/C22H35FN4O4S/c1-15-13-27(14-16(2)31-15)20-12-17(23)6-7-19(20)24-21(28)26-10-8-18(9-11-26)25-32(29,30)22(3,4)5/h6-7,12,15-16,18,25H,8-11,13-14H2,1-5H3,(H,24,28)/t15-,16+. The molecule has 0 spiro atoms.